The summed E-state index contributed by atoms with van der Waals surface area (Å²) in [5.41, 5.74) is 0. The van der Waals surface area contributed by atoms with Crippen LogP contribution in [0.25, 0.3) is 0 Å². The van der Waals surface area contributed by atoms with Gasteiger partial charge in [-0.2, -0.15) is 0 Å². The normalized spacial score (nSPS) is 9.67. The largest absolute Gasteiger partial charge is 0.433 e. The molecule has 2 heteroatoms. The Morgan fingerprint density at radius 1 is 1.17 bits per heavy atom. The minimum Gasteiger partial charge on any atom is -0.433 e. The van der Waals surface area contributed by atoms with Crippen molar-refractivity contribution < 1.29 is 9.15 Å². The van der Waals surface area contributed by atoms with Gasteiger partial charge in [0, 0.05) is 12.1 Å². The van der Waals surface area contributed by atoms with E-state index in [4.69, 9.17) is 9.15 Å². The van der Waals surface area contributed by atoms with Crippen molar-refractivity contribution >= 4 is 0 Å². The van der Waals surface area contributed by atoms with Crippen molar-refractivity contribution in [2.45, 2.75) is 0 Å². The van der Waals surface area contributed by atoms with E-state index < -0.39 is 0 Å². The highest BCUT2D eigenvalue weighted by Crippen LogP contribution is 2.19. The number of benzene rings is 1. The molecule has 1 radical (unpaired) electrons. The summed E-state index contributed by atoms with van der Waals surface area (Å²) in [5, 5.41) is 0. The Balaban J connectivity index is 2.15. The lowest BCUT2D eigenvalue weighted by molar-refractivity contribution is 0.346. The van der Waals surface area contributed by atoms with E-state index in [2.05, 4.69) is 6.07 Å². The van der Waals surface area contributed by atoms with Gasteiger partial charge in [0.05, 0.1) is 0 Å². The standard InChI is InChI=1S/C10H7O2/c1-2-5-9(6-3-1)12-10-7-4-8-11-10/h1-3,5-8H. The molecule has 0 aliphatic carbocycles. The SMILES string of the molecule is [c]1coc(Oc2ccccc2)c1. The molecular weight excluding hydrogens is 152 g/mol. The van der Waals surface area contributed by atoms with Crippen LogP contribution >= 0.6 is 0 Å². The van der Waals surface area contributed by atoms with Crippen LogP contribution in [0.15, 0.2) is 47.1 Å². The van der Waals surface area contributed by atoms with Crippen molar-refractivity contribution in [2.75, 3.05) is 0 Å². The van der Waals surface area contributed by atoms with Crippen molar-refractivity contribution in [1.29, 1.82) is 0 Å². The van der Waals surface area contributed by atoms with E-state index in [1.165, 1.54) is 6.26 Å². The summed E-state index contributed by atoms with van der Waals surface area (Å²) >= 11 is 0. The molecule has 0 fully saturated rings. The maximum absolute atomic E-state index is 5.32. The molecule has 1 aromatic heterocycles. The van der Waals surface area contributed by atoms with E-state index in [9.17, 15) is 0 Å². The summed E-state index contributed by atoms with van der Waals surface area (Å²) in [6.07, 6.45) is 1.46. The third kappa shape index (κ3) is 1.48. The lowest BCUT2D eigenvalue weighted by atomic mass is 10.3. The maximum Gasteiger partial charge on any atom is 0.290 e. The van der Waals surface area contributed by atoms with Gasteiger partial charge >= 0.3 is 0 Å². The van der Waals surface area contributed by atoms with Crippen LogP contribution in [0, 0.1) is 6.07 Å². The fraction of sp³-hybridized carbons (Fsp3) is 0. The Morgan fingerprint density at radius 2 is 2.00 bits per heavy atom. The van der Waals surface area contributed by atoms with E-state index in [0.717, 1.165) is 5.75 Å². The fourth-order valence-corrected chi connectivity index (χ4v) is 0.886. The predicted octanol–water partition coefficient (Wildman–Crippen LogP) is 2.87. The van der Waals surface area contributed by atoms with Gasteiger partial charge < -0.3 is 9.15 Å². The molecular formula is C10H7O2. The number of furan rings is 1. The molecule has 0 aliphatic heterocycles. The molecule has 2 aromatic rings. The van der Waals surface area contributed by atoms with E-state index >= 15 is 0 Å². The number of hydrogen-bond acceptors (Lipinski definition) is 2. The quantitative estimate of drug-likeness (QED) is 0.672. The predicted molar refractivity (Wildman–Crippen MR) is 44.1 cm³/mol. The third-order valence-electron chi connectivity index (χ3n) is 1.41. The average molecular weight is 159 g/mol. The molecule has 0 unspecified atom stereocenters. The lowest BCUT2D eigenvalue weighted by Gasteiger charge is -1.99. The summed E-state index contributed by atoms with van der Waals surface area (Å²) in [6.45, 7) is 0. The topological polar surface area (TPSA) is 22.4 Å². The molecule has 2 rings (SSSR count). The minimum atomic E-state index is 0.459. The maximum atomic E-state index is 5.32. The van der Waals surface area contributed by atoms with Crippen molar-refractivity contribution in [3.8, 4) is 11.7 Å². The van der Waals surface area contributed by atoms with Crippen LogP contribution in [0.2, 0.25) is 0 Å². The van der Waals surface area contributed by atoms with Crippen molar-refractivity contribution in [3.63, 3.8) is 0 Å². The van der Waals surface area contributed by atoms with Crippen LogP contribution in [0.5, 0.6) is 11.7 Å². The first kappa shape index (κ1) is 6.98. The lowest BCUT2D eigenvalue weighted by Crippen LogP contribution is -1.79. The molecule has 0 amide bonds. The second kappa shape index (κ2) is 3.13. The minimum absolute atomic E-state index is 0.459. The van der Waals surface area contributed by atoms with Crippen LogP contribution < -0.4 is 4.74 Å². The molecule has 1 aromatic carbocycles. The van der Waals surface area contributed by atoms with Gasteiger partial charge in [-0.1, -0.05) is 18.2 Å². The highest BCUT2D eigenvalue weighted by atomic mass is 16.6. The molecule has 59 valence electrons. The third-order valence-corrected chi connectivity index (χ3v) is 1.41. The molecule has 0 saturated carbocycles. The van der Waals surface area contributed by atoms with Gasteiger partial charge in [0.1, 0.15) is 12.0 Å². The van der Waals surface area contributed by atoms with E-state index in [0.29, 0.717) is 5.95 Å². The Labute approximate surface area is 70.4 Å². The number of para-hydroxylation sites is 1. The van der Waals surface area contributed by atoms with Crippen LogP contribution in [0.4, 0.5) is 0 Å². The first-order valence-electron chi connectivity index (χ1n) is 3.62. The average Bonchev–Trinajstić information content (AvgIpc) is 2.59. The molecule has 0 atom stereocenters. The molecule has 2 nitrogen and oxygen atoms in total. The molecule has 0 spiro atoms. The molecule has 0 saturated heterocycles. The van der Waals surface area contributed by atoms with E-state index in [1.54, 1.807) is 6.07 Å². The van der Waals surface area contributed by atoms with Crippen LogP contribution in [-0.4, -0.2) is 0 Å². The zero-order valence-corrected chi connectivity index (χ0v) is 6.36. The van der Waals surface area contributed by atoms with Gasteiger partial charge in [-0.05, 0) is 12.1 Å². The van der Waals surface area contributed by atoms with Gasteiger partial charge in [0.15, 0.2) is 0 Å². The van der Waals surface area contributed by atoms with Crippen LogP contribution in [0.3, 0.4) is 0 Å². The highest BCUT2D eigenvalue weighted by Gasteiger charge is 1.96. The Bertz CT molecular complexity index is 324. The van der Waals surface area contributed by atoms with E-state index in [1.807, 2.05) is 30.3 Å². The summed E-state index contributed by atoms with van der Waals surface area (Å²) in [7, 11) is 0. The van der Waals surface area contributed by atoms with Gasteiger partial charge in [-0.3, -0.25) is 0 Å². The zero-order valence-electron chi connectivity index (χ0n) is 6.36. The summed E-state index contributed by atoms with van der Waals surface area (Å²) in [5.74, 6) is 1.22. The second-order valence-corrected chi connectivity index (χ2v) is 2.28. The molecule has 12 heavy (non-hydrogen) atoms. The molecule has 0 aliphatic rings. The van der Waals surface area contributed by atoms with E-state index in [-0.39, 0.29) is 0 Å². The van der Waals surface area contributed by atoms with Crippen LogP contribution in [0.1, 0.15) is 0 Å². The fourth-order valence-electron chi connectivity index (χ4n) is 0.886. The number of rotatable bonds is 2. The molecule has 0 N–H and O–H groups in total. The van der Waals surface area contributed by atoms with Gasteiger partial charge in [-0.25, -0.2) is 0 Å². The zero-order chi connectivity index (χ0) is 8.23. The Kier molecular flexibility index (Phi) is 1.82. The second-order valence-electron chi connectivity index (χ2n) is 2.28. The Morgan fingerprint density at radius 3 is 2.67 bits per heavy atom. The van der Waals surface area contributed by atoms with Crippen molar-refractivity contribution in [2.24, 2.45) is 0 Å². The summed E-state index contributed by atoms with van der Waals surface area (Å²) < 4.78 is 10.3. The first-order chi connectivity index (χ1) is 5.95. The monoisotopic (exact) mass is 159 g/mol. The summed E-state index contributed by atoms with van der Waals surface area (Å²) in [6, 6.07) is 13.9. The molecule has 1 heterocycles. The first-order valence-corrected chi connectivity index (χ1v) is 3.62. The van der Waals surface area contributed by atoms with Crippen molar-refractivity contribution in [3.05, 3.63) is 48.7 Å². The number of ether oxygens (including phenoxy) is 1. The highest BCUT2D eigenvalue weighted by molar-refractivity contribution is 5.24. The van der Waals surface area contributed by atoms with Crippen LogP contribution in [-0.2, 0) is 0 Å². The smallest absolute Gasteiger partial charge is 0.290 e. The van der Waals surface area contributed by atoms with Crippen molar-refractivity contribution in [1.82, 2.24) is 0 Å². The van der Waals surface area contributed by atoms with Gasteiger partial charge in [-0.15, -0.1) is 0 Å². The molecule has 0 bridgehead atoms. The Hall–Kier alpha value is -1.70. The van der Waals surface area contributed by atoms with Gasteiger partial charge in [0.2, 0.25) is 0 Å². The summed E-state index contributed by atoms with van der Waals surface area (Å²) in [4.78, 5) is 0. The number of hydrogen-bond donors (Lipinski definition) is 0. The van der Waals surface area contributed by atoms with Gasteiger partial charge in [0.25, 0.3) is 5.95 Å².